The Hall–Kier alpha value is -2.32. The highest BCUT2D eigenvalue weighted by Crippen LogP contribution is 2.32. The van der Waals surface area contributed by atoms with Crippen molar-refractivity contribution in [2.75, 3.05) is 24.9 Å². The molecule has 0 saturated heterocycles. The lowest BCUT2D eigenvalue weighted by Gasteiger charge is -2.17. The number of hydrogen-bond donors (Lipinski definition) is 0. The van der Waals surface area contributed by atoms with Crippen LogP contribution < -0.4 is 4.74 Å². The summed E-state index contributed by atoms with van der Waals surface area (Å²) < 4.78 is 30.4. The molecular formula is C21H25N3O3S2. The zero-order valence-electron chi connectivity index (χ0n) is 17.0. The van der Waals surface area contributed by atoms with E-state index in [9.17, 15) is 8.42 Å². The van der Waals surface area contributed by atoms with Crippen molar-refractivity contribution >= 4 is 21.6 Å². The van der Waals surface area contributed by atoms with E-state index in [-0.39, 0.29) is 5.75 Å². The van der Waals surface area contributed by atoms with Crippen molar-refractivity contribution in [3.05, 3.63) is 54.1 Å². The summed E-state index contributed by atoms with van der Waals surface area (Å²) in [6, 6.07) is 15.8. The van der Waals surface area contributed by atoms with Gasteiger partial charge >= 0.3 is 0 Å². The number of para-hydroxylation sites is 1. The Morgan fingerprint density at radius 2 is 1.76 bits per heavy atom. The van der Waals surface area contributed by atoms with E-state index in [1.54, 1.807) is 7.11 Å². The van der Waals surface area contributed by atoms with Crippen LogP contribution in [0.5, 0.6) is 5.75 Å². The number of benzene rings is 2. The Morgan fingerprint density at radius 1 is 1.07 bits per heavy atom. The van der Waals surface area contributed by atoms with Crippen molar-refractivity contribution in [2.45, 2.75) is 24.9 Å². The van der Waals surface area contributed by atoms with Crippen molar-refractivity contribution in [2.24, 2.45) is 0 Å². The monoisotopic (exact) mass is 431 g/mol. The van der Waals surface area contributed by atoms with Crippen LogP contribution in [0.3, 0.4) is 0 Å². The quantitative estimate of drug-likeness (QED) is 0.498. The lowest BCUT2D eigenvalue weighted by Crippen LogP contribution is -2.08. The average molecular weight is 432 g/mol. The first-order valence-electron chi connectivity index (χ1n) is 9.30. The van der Waals surface area contributed by atoms with Gasteiger partial charge in [0.2, 0.25) is 0 Å². The first-order valence-corrected chi connectivity index (χ1v) is 12.3. The van der Waals surface area contributed by atoms with E-state index >= 15 is 0 Å². The van der Waals surface area contributed by atoms with E-state index in [1.807, 2.05) is 47.0 Å². The third kappa shape index (κ3) is 5.19. The molecule has 0 saturated carbocycles. The van der Waals surface area contributed by atoms with Gasteiger partial charge in [-0.25, -0.2) is 8.42 Å². The van der Waals surface area contributed by atoms with Crippen LogP contribution in [0.2, 0.25) is 0 Å². The summed E-state index contributed by atoms with van der Waals surface area (Å²) in [6.45, 7) is 4.29. The van der Waals surface area contributed by atoms with Crippen molar-refractivity contribution in [3.8, 4) is 22.8 Å². The van der Waals surface area contributed by atoms with Crippen LogP contribution in [-0.2, 0) is 9.84 Å². The molecule has 1 heterocycles. The Bertz CT molecular complexity index is 1070. The molecule has 0 aliphatic heterocycles. The van der Waals surface area contributed by atoms with Gasteiger partial charge in [-0.05, 0) is 41.8 Å². The highest BCUT2D eigenvalue weighted by molar-refractivity contribution is 8.00. The van der Waals surface area contributed by atoms with Crippen molar-refractivity contribution in [1.82, 2.24) is 14.8 Å². The second-order valence-corrected chi connectivity index (χ2v) is 10.4. The molecule has 0 aliphatic rings. The molecule has 3 rings (SSSR count). The third-order valence-electron chi connectivity index (χ3n) is 4.47. The van der Waals surface area contributed by atoms with Crippen molar-refractivity contribution in [3.63, 3.8) is 0 Å². The van der Waals surface area contributed by atoms with E-state index in [4.69, 9.17) is 4.74 Å². The van der Waals surface area contributed by atoms with Crippen LogP contribution >= 0.6 is 11.8 Å². The Morgan fingerprint density at radius 3 is 2.38 bits per heavy atom. The number of ether oxygens (including phenoxy) is 1. The predicted molar refractivity (Wildman–Crippen MR) is 118 cm³/mol. The fraction of sp³-hybridized carbons (Fsp3) is 0.333. The predicted octanol–water partition coefficient (Wildman–Crippen LogP) is 4.20. The molecule has 0 atom stereocenters. The fourth-order valence-electron chi connectivity index (χ4n) is 2.97. The first-order chi connectivity index (χ1) is 13.8. The SMILES string of the molecule is COc1ccc(-c2nnc(SCCS(C)(=O)=O)n2-c2ccccc2C(C)C)cc1. The standard InChI is InChI=1S/C21H25N3O3S2/c1-15(2)18-7-5-6-8-19(18)24-20(16-9-11-17(27-3)12-10-16)22-23-21(24)28-13-14-29(4,25)26/h5-12,15H,13-14H2,1-4H3. The Labute approximate surface area is 176 Å². The number of methoxy groups -OCH3 is 1. The molecule has 0 amide bonds. The van der Waals surface area contributed by atoms with Crippen molar-refractivity contribution < 1.29 is 13.2 Å². The molecule has 0 radical (unpaired) electrons. The third-order valence-corrected chi connectivity index (χ3v) is 6.60. The maximum atomic E-state index is 11.5. The number of aromatic nitrogens is 3. The summed E-state index contributed by atoms with van der Waals surface area (Å²) in [5.74, 6) is 2.30. The maximum absolute atomic E-state index is 11.5. The van der Waals surface area contributed by atoms with Gasteiger partial charge in [-0.15, -0.1) is 10.2 Å². The van der Waals surface area contributed by atoms with Gasteiger partial charge < -0.3 is 4.74 Å². The number of rotatable bonds is 8. The molecule has 0 bridgehead atoms. The molecule has 2 aromatic carbocycles. The van der Waals surface area contributed by atoms with Crippen LogP contribution in [-0.4, -0.2) is 48.1 Å². The fourth-order valence-corrected chi connectivity index (χ4v) is 5.11. The zero-order chi connectivity index (χ0) is 21.0. The molecule has 1 aromatic heterocycles. The summed E-state index contributed by atoms with van der Waals surface area (Å²) in [6.07, 6.45) is 1.25. The van der Waals surface area contributed by atoms with Crippen molar-refractivity contribution in [1.29, 1.82) is 0 Å². The lowest BCUT2D eigenvalue weighted by atomic mass is 10.0. The summed E-state index contributed by atoms with van der Waals surface area (Å²) in [5.41, 5.74) is 3.08. The van der Waals surface area contributed by atoms with Crippen LogP contribution in [0.1, 0.15) is 25.3 Å². The van der Waals surface area contributed by atoms with Gasteiger partial charge in [0.05, 0.1) is 18.6 Å². The molecule has 154 valence electrons. The average Bonchev–Trinajstić information content (AvgIpc) is 3.10. The highest BCUT2D eigenvalue weighted by atomic mass is 32.2. The summed E-state index contributed by atoms with van der Waals surface area (Å²) >= 11 is 1.40. The second kappa shape index (κ2) is 9.00. The molecule has 29 heavy (non-hydrogen) atoms. The van der Waals surface area contributed by atoms with E-state index in [0.29, 0.717) is 22.7 Å². The molecule has 8 heteroatoms. The molecule has 3 aromatic rings. The number of nitrogens with zero attached hydrogens (tertiary/aromatic N) is 3. The molecular weight excluding hydrogens is 406 g/mol. The van der Waals surface area contributed by atoms with E-state index < -0.39 is 9.84 Å². The largest absolute Gasteiger partial charge is 0.497 e. The molecule has 0 aliphatic carbocycles. The molecule has 0 fully saturated rings. The zero-order valence-corrected chi connectivity index (χ0v) is 18.6. The Balaban J connectivity index is 2.10. The number of hydrogen-bond acceptors (Lipinski definition) is 6. The van der Waals surface area contributed by atoms with E-state index in [0.717, 1.165) is 17.0 Å². The topological polar surface area (TPSA) is 74.1 Å². The molecule has 0 N–H and O–H groups in total. The molecule has 0 unspecified atom stereocenters. The van der Waals surface area contributed by atoms with E-state index in [2.05, 4.69) is 30.1 Å². The molecule has 6 nitrogen and oxygen atoms in total. The number of sulfone groups is 1. The minimum atomic E-state index is -3.04. The van der Waals surface area contributed by atoms with Crippen LogP contribution in [0.4, 0.5) is 0 Å². The normalized spacial score (nSPS) is 11.8. The summed E-state index contributed by atoms with van der Waals surface area (Å²) in [7, 11) is -1.41. The minimum Gasteiger partial charge on any atom is -0.497 e. The number of thioether (sulfide) groups is 1. The van der Waals surface area contributed by atoms with Gasteiger partial charge in [-0.2, -0.15) is 0 Å². The van der Waals surface area contributed by atoms with Gasteiger partial charge in [0.1, 0.15) is 15.6 Å². The minimum absolute atomic E-state index is 0.0915. The van der Waals surface area contributed by atoms with Crippen LogP contribution in [0.15, 0.2) is 53.7 Å². The summed E-state index contributed by atoms with van der Waals surface area (Å²) in [5, 5.41) is 9.49. The molecule has 0 spiro atoms. The summed E-state index contributed by atoms with van der Waals surface area (Å²) in [4.78, 5) is 0. The highest BCUT2D eigenvalue weighted by Gasteiger charge is 2.19. The van der Waals surface area contributed by atoms with Gasteiger partial charge in [0.25, 0.3) is 0 Å². The van der Waals surface area contributed by atoms with Crippen LogP contribution in [0, 0.1) is 0 Å². The lowest BCUT2D eigenvalue weighted by molar-refractivity contribution is 0.415. The van der Waals surface area contributed by atoms with Crippen LogP contribution in [0.25, 0.3) is 17.1 Å². The first kappa shape index (κ1) is 21.4. The van der Waals surface area contributed by atoms with Gasteiger partial charge in [0, 0.05) is 17.6 Å². The smallest absolute Gasteiger partial charge is 0.196 e. The van der Waals surface area contributed by atoms with Gasteiger partial charge in [-0.1, -0.05) is 43.8 Å². The van der Waals surface area contributed by atoms with Gasteiger partial charge in [-0.3, -0.25) is 4.57 Å². The maximum Gasteiger partial charge on any atom is 0.196 e. The van der Waals surface area contributed by atoms with E-state index in [1.165, 1.54) is 23.6 Å². The Kier molecular flexibility index (Phi) is 6.64. The van der Waals surface area contributed by atoms with Gasteiger partial charge in [0.15, 0.2) is 11.0 Å². The second-order valence-electron chi connectivity index (χ2n) is 7.06.